The molecule has 3 heteroatoms. The molecule has 0 unspecified atom stereocenters. The number of benzene rings is 1. The van der Waals surface area contributed by atoms with Crippen LogP contribution in [0.15, 0.2) is 30.3 Å². The van der Waals surface area contributed by atoms with Crippen LogP contribution >= 0.6 is 0 Å². The Kier molecular flexibility index (Phi) is 5.01. The van der Waals surface area contributed by atoms with Gasteiger partial charge in [0.25, 0.3) is 0 Å². The van der Waals surface area contributed by atoms with E-state index in [2.05, 4.69) is 5.32 Å². The molecule has 1 N–H and O–H groups in total. The highest BCUT2D eigenvalue weighted by molar-refractivity contribution is 5.69. The standard InChI is InChI=1S/C14H21NO2/c1-14(2,3)17-13(16)10-7-11-15-12-8-5-4-6-9-12/h4-6,8-9,15H,7,10-11H2,1-3H3. The molecule has 3 nitrogen and oxygen atoms in total. The highest BCUT2D eigenvalue weighted by atomic mass is 16.6. The molecule has 0 aliphatic heterocycles. The number of esters is 1. The molecule has 1 rings (SSSR count). The Labute approximate surface area is 103 Å². The van der Waals surface area contributed by atoms with E-state index in [4.69, 9.17) is 4.74 Å². The van der Waals surface area contributed by atoms with Crippen LogP contribution in [0.1, 0.15) is 33.6 Å². The van der Waals surface area contributed by atoms with Crippen LogP contribution in [-0.4, -0.2) is 18.1 Å². The fraction of sp³-hybridized carbons (Fsp3) is 0.500. The van der Waals surface area contributed by atoms with Gasteiger partial charge in [0.05, 0.1) is 0 Å². The van der Waals surface area contributed by atoms with Crippen LogP contribution in [0.5, 0.6) is 0 Å². The SMILES string of the molecule is CC(C)(C)OC(=O)CCCNc1ccccc1. The molecule has 0 fully saturated rings. The maximum atomic E-state index is 11.4. The van der Waals surface area contributed by atoms with Crippen molar-refractivity contribution >= 4 is 11.7 Å². The van der Waals surface area contributed by atoms with E-state index >= 15 is 0 Å². The van der Waals surface area contributed by atoms with Crippen molar-refractivity contribution in [2.24, 2.45) is 0 Å². The van der Waals surface area contributed by atoms with Crippen LogP contribution in [0.2, 0.25) is 0 Å². The first-order chi connectivity index (χ1) is 7.97. The van der Waals surface area contributed by atoms with Crippen molar-refractivity contribution in [1.29, 1.82) is 0 Å². The Bertz CT molecular complexity index is 341. The zero-order chi connectivity index (χ0) is 12.7. The summed E-state index contributed by atoms with van der Waals surface area (Å²) in [6.45, 7) is 6.43. The zero-order valence-corrected chi connectivity index (χ0v) is 10.8. The van der Waals surface area contributed by atoms with E-state index in [0.717, 1.165) is 18.7 Å². The molecule has 0 heterocycles. The largest absolute Gasteiger partial charge is 0.460 e. The number of carbonyl (C=O) groups excluding carboxylic acids is 1. The first-order valence-electron chi connectivity index (χ1n) is 5.98. The van der Waals surface area contributed by atoms with Gasteiger partial charge in [0.15, 0.2) is 0 Å². The third-order valence-electron chi connectivity index (χ3n) is 2.08. The summed E-state index contributed by atoms with van der Waals surface area (Å²) in [6, 6.07) is 9.96. The maximum Gasteiger partial charge on any atom is 0.306 e. The fourth-order valence-corrected chi connectivity index (χ4v) is 1.41. The fourth-order valence-electron chi connectivity index (χ4n) is 1.41. The smallest absolute Gasteiger partial charge is 0.306 e. The van der Waals surface area contributed by atoms with Gasteiger partial charge in [-0.3, -0.25) is 4.79 Å². The third-order valence-corrected chi connectivity index (χ3v) is 2.08. The quantitative estimate of drug-likeness (QED) is 0.629. The number of carbonyl (C=O) groups is 1. The predicted octanol–water partition coefficient (Wildman–Crippen LogP) is 3.22. The minimum atomic E-state index is -0.385. The molecule has 0 saturated heterocycles. The van der Waals surface area contributed by atoms with Gasteiger partial charge in [0, 0.05) is 18.7 Å². The molecule has 94 valence electrons. The van der Waals surface area contributed by atoms with E-state index in [0.29, 0.717) is 6.42 Å². The molecule has 0 aliphatic carbocycles. The van der Waals surface area contributed by atoms with Crippen molar-refractivity contribution in [3.63, 3.8) is 0 Å². The summed E-state index contributed by atoms with van der Waals surface area (Å²) < 4.78 is 5.22. The van der Waals surface area contributed by atoms with Crippen LogP contribution in [0, 0.1) is 0 Å². The Hall–Kier alpha value is -1.51. The van der Waals surface area contributed by atoms with Crippen LogP contribution in [0.3, 0.4) is 0 Å². The first kappa shape index (κ1) is 13.6. The molecule has 0 amide bonds. The number of hydrogen-bond donors (Lipinski definition) is 1. The zero-order valence-electron chi connectivity index (χ0n) is 10.8. The van der Waals surface area contributed by atoms with Gasteiger partial charge in [-0.1, -0.05) is 18.2 Å². The summed E-state index contributed by atoms with van der Waals surface area (Å²) in [5.74, 6) is -0.132. The van der Waals surface area contributed by atoms with E-state index in [1.54, 1.807) is 0 Å². The second kappa shape index (κ2) is 6.28. The van der Waals surface area contributed by atoms with Crippen molar-refractivity contribution in [3.05, 3.63) is 30.3 Å². The first-order valence-corrected chi connectivity index (χ1v) is 5.98. The number of rotatable bonds is 5. The Balaban J connectivity index is 2.14. The average molecular weight is 235 g/mol. The summed E-state index contributed by atoms with van der Waals surface area (Å²) in [5.41, 5.74) is 0.695. The van der Waals surface area contributed by atoms with Gasteiger partial charge in [-0.25, -0.2) is 0 Å². The Morgan fingerprint density at radius 1 is 1.24 bits per heavy atom. The lowest BCUT2D eigenvalue weighted by molar-refractivity contribution is -0.154. The third kappa shape index (κ3) is 6.61. The average Bonchev–Trinajstić information content (AvgIpc) is 2.23. The van der Waals surface area contributed by atoms with Crippen LogP contribution in [-0.2, 0) is 9.53 Å². The van der Waals surface area contributed by atoms with Gasteiger partial charge in [-0.2, -0.15) is 0 Å². The van der Waals surface area contributed by atoms with E-state index in [-0.39, 0.29) is 11.6 Å². The van der Waals surface area contributed by atoms with Gasteiger partial charge in [0.2, 0.25) is 0 Å². The topological polar surface area (TPSA) is 38.3 Å². The highest BCUT2D eigenvalue weighted by Crippen LogP contribution is 2.09. The molecule has 0 atom stereocenters. The minimum absolute atomic E-state index is 0.132. The van der Waals surface area contributed by atoms with Crippen LogP contribution in [0.25, 0.3) is 0 Å². The van der Waals surface area contributed by atoms with Crippen molar-refractivity contribution in [3.8, 4) is 0 Å². The van der Waals surface area contributed by atoms with Gasteiger partial charge in [-0.05, 0) is 39.3 Å². The van der Waals surface area contributed by atoms with Crippen LogP contribution in [0.4, 0.5) is 5.69 Å². The maximum absolute atomic E-state index is 11.4. The molecular weight excluding hydrogens is 214 g/mol. The van der Waals surface area contributed by atoms with E-state index in [9.17, 15) is 4.79 Å². The molecular formula is C14H21NO2. The van der Waals surface area contributed by atoms with Gasteiger partial charge in [-0.15, -0.1) is 0 Å². The summed E-state index contributed by atoms with van der Waals surface area (Å²) in [4.78, 5) is 11.4. The van der Waals surface area contributed by atoms with E-state index in [1.807, 2.05) is 51.1 Å². The molecule has 0 spiro atoms. The minimum Gasteiger partial charge on any atom is -0.460 e. The highest BCUT2D eigenvalue weighted by Gasteiger charge is 2.15. The number of hydrogen-bond acceptors (Lipinski definition) is 3. The lowest BCUT2D eigenvalue weighted by Gasteiger charge is -2.19. The van der Waals surface area contributed by atoms with Crippen molar-refractivity contribution in [1.82, 2.24) is 0 Å². The molecule has 17 heavy (non-hydrogen) atoms. The number of nitrogens with one attached hydrogen (secondary N) is 1. The number of para-hydroxylation sites is 1. The van der Waals surface area contributed by atoms with Gasteiger partial charge < -0.3 is 10.1 Å². The van der Waals surface area contributed by atoms with Crippen molar-refractivity contribution < 1.29 is 9.53 Å². The van der Waals surface area contributed by atoms with Crippen molar-refractivity contribution in [2.45, 2.75) is 39.2 Å². The summed E-state index contributed by atoms with van der Waals surface area (Å²) in [6.07, 6.45) is 1.24. The Morgan fingerprint density at radius 3 is 2.47 bits per heavy atom. The van der Waals surface area contributed by atoms with Crippen LogP contribution < -0.4 is 5.32 Å². The summed E-state index contributed by atoms with van der Waals surface area (Å²) in [5, 5.41) is 3.26. The molecule has 0 saturated carbocycles. The normalized spacial score (nSPS) is 11.0. The Morgan fingerprint density at radius 2 is 1.88 bits per heavy atom. The molecule has 0 radical (unpaired) electrons. The van der Waals surface area contributed by atoms with E-state index < -0.39 is 0 Å². The lowest BCUT2D eigenvalue weighted by atomic mass is 10.2. The second-order valence-corrected chi connectivity index (χ2v) is 4.98. The summed E-state index contributed by atoms with van der Waals surface area (Å²) in [7, 11) is 0. The molecule has 0 aliphatic rings. The van der Waals surface area contributed by atoms with E-state index in [1.165, 1.54) is 0 Å². The lowest BCUT2D eigenvalue weighted by Crippen LogP contribution is -2.24. The predicted molar refractivity (Wildman–Crippen MR) is 70.0 cm³/mol. The van der Waals surface area contributed by atoms with Gasteiger partial charge in [0.1, 0.15) is 5.60 Å². The molecule has 0 aromatic heterocycles. The number of ether oxygens (including phenoxy) is 1. The monoisotopic (exact) mass is 235 g/mol. The van der Waals surface area contributed by atoms with Gasteiger partial charge >= 0.3 is 5.97 Å². The molecule has 1 aromatic rings. The summed E-state index contributed by atoms with van der Waals surface area (Å²) >= 11 is 0. The number of anilines is 1. The second-order valence-electron chi connectivity index (χ2n) is 4.98. The molecule has 0 bridgehead atoms. The molecule has 1 aromatic carbocycles. The van der Waals surface area contributed by atoms with Crippen molar-refractivity contribution in [2.75, 3.05) is 11.9 Å².